The van der Waals surface area contributed by atoms with Gasteiger partial charge in [0.2, 0.25) is 0 Å². The molecule has 0 unspecified atom stereocenters. The van der Waals surface area contributed by atoms with E-state index in [1.54, 1.807) is 17.0 Å². The van der Waals surface area contributed by atoms with Gasteiger partial charge in [-0.3, -0.25) is 9.59 Å². The van der Waals surface area contributed by atoms with Crippen molar-refractivity contribution in [3.63, 3.8) is 0 Å². The molecule has 23 heavy (non-hydrogen) atoms. The Hall–Kier alpha value is -2.41. The van der Waals surface area contributed by atoms with Crippen molar-refractivity contribution in [1.29, 1.82) is 0 Å². The highest BCUT2D eigenvalue weighted by Crippen LogP contribution is 2.22. The average molecular weight is 337 g/mol. The van der Waals surface area contributed by atoms with E-state index in [0.29, 0.717) is 31.9 Å². The fraction of sp³-hybridized carbons (Fsp3) is 0.267. The van der Waals surface area contributed by atoms with E-state index < -0.39 is 11.4 Å². The molecule has 8 heteroatoms. The smallest absolute Gasteiger partial charge is 0.285 e. The van der Waals surface area contributed by atoms with Crippen LogP contribution in [0.5, 0.6) is 0 Å². The molecule has 2 heterocycles. The number of nitrogens with zero attached hydrogens (tertiary/aromatic N) is 3. The van der Waals surface area contributed by atoms with Gasteiger partial charge in [-0.25, -0.2) is 9.49 Å². The van der Waals surface area contributed by atoms with Gasteiger partial charge in [0.1, 0.15) is 10.8 Å². The van der Waals surface area contributed by atoms with Crippen LogP contribution in [-0.4, -0.2) is 47.2 Å². The summed E-state index contributed by atoms with van der Waals surface area (Å²) in [6, 6.07) is 5.92. The Bertz CT molecular complexity index is 787. The third-order valence-electron chi connectivity index (χ3n) is 3.79. The van der Waals surface area contributed by atoms with E-state index in [1.807, 2.05) is 4.90 Å². The van der Waals surface area contributed by atoms with Crippen LogP contribution in [-0.2, 0) is 0 Å². The molecule has 2 aromatic rings. The van der Waals surface area contributed by atoms with Crippen molar-refractivity contribution in [1.82, 2.24) is 15.1 Å². The molecule has 1 aliphatic rings. The van der Waals surface area contributed by atoms with E-state index in [0.717, 1.165) is 0 Å². The van der Waals surface area contributed by atoms with Gasteiger partial charge >= 0.3 is 0 Å². The Morgan fingerprint density at radius 2 is 1.91 bits per heavy atom. The summed E-state index contributed by atoms with van der Waals surface area (Å²) in [6.45, 7) is 1.81. The van der Waals surface area contributed by atoms with Crippen molar-refractivity contribution in [2.45, 2.75) is 0 Å². The molecular weight excluding hydrogens is 323 g/mol. The molecule has 0 aliphatic carbocycles. The van der Waals surface area contributed by atoms with Crippen molar-refractivity contribution >= 4 is 23.2 Å². The molecule has 0 saturated carbocycles. The van der Waals surface area contributed by atoms with Gasteiger partial charge in [-0.1, -0.05) is 23.7 Å². The number of nitrogens with one attached hydrogen (secondary N) is 1. The molecule has 0 bridgehead atoms. The Balaban J connectivity index is 1.71. The number of rotatable bonds is 2. The molecule has 0 atom stereocenters. The van der Waals surface area contributed by atoms with Crippen LogP contribution in [0.15, 0.2) is 35.3 Å². The summed E-state index contributed by atoms with van der Waals surface area (Å²) in [5.74, 6) is -0.861. The van der Waals surface area contributed by atoms with E-state index >= 15 is 0 Å². The first kappa shape index (κ1) is 15.5. The Morgan fingerprint density at radius 1 is 1.22 bits per heavy atom. The number of piperazine rings is 1. The zero-order chi connectivity index (χ0) is 16.4. The standard InChI is InChI=1S/C15H14ClFN4O2/c16-13-12(9-18-19-14(13)22)20-5-7-21(8-6-20)15(23)10-3-1-2-4-11(10)17/h1-4,9H,5-8H2,(H,19,22). The number of aromatic nitrogens is 2. The lowest BCUT2D eigenvalue weighted by Crippen LogP contribution is -2.49. The second-order valence-corrected chi connectivity index (χ2v) is 5.54. The van der Waals surface area contributed by atoms with Crippen LogP contribution in [0.25, 0.3) is 0 Å². The third kappa shape index (κ3) is 3.05. The molecule has 1 aromatic heterocycles. The van der Waals surface area contributed by atoms with Gasteiger partial charge in [0, 0.05) is 26.2 Å². The number of hydrogen-bond acceptors (Lipinski definition) is 4. The lowest BCUT2D eigenvalue weighted by molar-refractivity contribution is 0.0742. The van der Waals surface area contributed by atoms with E-state index in [2.05, 4.69) is 10.2 Å². The lowest BCUT2D eigenvalue weighted by Gasteiger charge is -2.36. The maximum Gasteiger partial charge on any atom is 0.285 e. The predicted octanol–water partition coefficient (Wildman–Crippen LogP) is 1.52. The molecule has 1 aromatic carbocycles. The highest BCUT2D eigenvalue weighted by molar-refractivity contribution is 6.33. The second-order valence-electron chi connectivity index (χ2n) is 5.16. The highest BCUT2D eigenvalue weighted by Gasteiger charge is 2.25. The molecule has 1 amide bonds. The maximum absolute atomic E-state index is 13.7. The minimum absolute atomic E-state index is 0.0665. The highest BCUT2D eigenvalue weighted by atomic mass is 35.5. The molecule has 0 radical (unpaired) electrons. The number of carbonyl (C=O) groups excluding carboxylic acids is 1. The fourth-order valence-electron chi connectivity index (χ4n) is 2.55. The minimum atomic E-state index is -0.526. The van der Waals surface area contributed by atoms with Crippen LogP contribution >= 0.6 is 11.6 Å². The third-order valence-corrected chi connectivity index (χ3v) is 4.15. The predicted molar refractivity (Wildman–Crippen MR) is 84.4 cm³/mol. The van der Waals surface area contributed by atoms with E-state index in [-0.39, 0.29) is 16.5 Å². The molecule has 1 aliphatic heterocycles. The van der Waals surface area contributed by atoms with Crippen LogP contribution in [0.2, 0.25) is 5.02 Å². The molecule has 1 fully saturated rings. The van der Waals surface area contributed by atoms with Crippen LogP contribution in [0.4, 0.5) is 10.1 Å². The summed E-state index contributed by atoms with van der Waals surface area (Å²) >= 11 is 5.99. The van der Waals surface area contributed by atoms with Crippen LogP contribution in [0, 0.1) is 5.82 Å². The number of H-pyrrole nitrogens is 1. The summed E-state index contributed by atoms with van der Waals surface area (Å²) in [7, 11) is 0. The van der Waals surface area contributed by atoms with Crippen molar-refractivity contribution in [3.8, 4) is 0 Å². The quantitative estimate of drug-likeness (QED) is 0.903. The summed E-state index contributed by atoms with van der Waals surface area (Å²) in [4.78, 5) is 27.3. The normalized spacial score (nSPS) is 14.9. The molecule has 1 saturated heterocycles. The summed E-state index contributed by atoms with van der Waals surface area (Å²) in [6.07, 6.45) is 1.48. The minimum Gasteiger partial charge on any atom is -0.365 e. The summed E-state index contributed by atoms with van der Waals surface area (Å²) in [5, 5.41) is 6.08. The lowest BCUT2D eigenvalue weighted by atomic mass is 10.1. The van der Waals surface area contributed by atoms with Gasteiger partial charge in [0.15, 0.2) is 0 Å². The summed E-state index contributed by atoms with van der Waals surface area (Å²) < 4.78 is 13.7. The van der Waals surface area contributed by atoms with E-state index in [4.69, 9.17) is 11.6 Å². The van der Waals surface area contributed by atoms with Crippen LogP contribution in [0.1, 0.15) is 10.4 Å². The monoisotopic (exact) mass is 336 g/mol. The summed E-state index contributed by atoms with van der Waals surface area (Å²) in [5.41, 5.74) is 0.152. The van der Waals surface area contributed by atoms with Crippen LogP contribution in [0.3, 0.4) is 0 Å². The molecule has 0 spiro atoms. The first-order chi connectivity index (χ1) is 11.1. The molecule has 120 valence electrons. The molecule has 6 nitrogen and oxygen atoms in total. The average Bonchev–Trinajstić information content (AvgIpc) is 2.57. The number of benzene rings is 1. The van der Waals surface area contributed by atoms with Gasteiger partial charge in [-0.15, -0.1) is 0 Å². The fourth-order valence-corrected chi connectivity index (χ4v) is 2.76. The number of carbonyl (C=O) groups is 1. The second kappa shape index (κ2) is 6.37. The Labute approximate surface area is 136 Å². The number of halogens is 2. The Kier molecular flexibility index (Phi) is 4.29. The number of anilines is 1. The largest absolute Gasteiger partial charge is 0.365 e. The number of hydrogen-bond donors (Lipinski definition) is 1. The topological polar surface area (TPSA) is 69.3 Å². The number of aromatic amines is 1. The zero-order valence-corrected chi connectivity index (χ0v) is 12.9. The van der Waals surface area contributed by atoms with Crippen molar-refractivity contribution in [3.05, 3.63) is 57.2 Å². The van der Waals surface area contributed by atoms with Gasteiger partial charge in [0.25, 0.3) is 11.5 Å². The van der Waals surface area contributed by atoms with Gasteiger partial charge < -0.3 is 9.80 Å². The van der Waals surface area contributed by atoms with Gasteiger partial charge in [-0.05, 0) is 12.1 Å². The molecular formula is C15H14ClFN4O2. The van der Waals surface area contributed by atoms with Crippen LogP contribution < -0.4 is 10.5 Å². The van der Waals surface area contributed by atoms with E-state index in [9.17, 15) is 14.0 Å². The first-order valence-electron chi connectivity index (χ1n) is 7.10. The Morgan fingerprint density at radius 3 is 2.61 bits per heavy atom. The van der Waals surface area contributed by atoms with Gasteiger partial charge in [0.05, 0.1) is 17.4 Å². The number of amides is 1. The zero-order valence-electron chi connectivity index (χ0n) is 12.1. The SMILES string of the molecule is O=C(c1ccccc1F)N1CCN(c2cn[nH]c(=O)c2Cl)CC1. The van der Waals surface area contributed by atoms with Crippen molar-refractivity contribution in [2.75, 3.05) is 31.1 Å². The molecule has 3 rings (SSSR count). The molecule has 1 N–H and O–H groups in total. The first-order valence-corrected chi connectivity index (χ1v) is 7.47. The van der Waals surface area contributed by atoms with E-state index in [1.165, 1.54) is 18.3 Å². The van der Waals surface area contributed by atoms with Crippen molar-refractivity contribution in [2.24, 2.45) is 0 Å². The maximum atomic E-state index is 13.7. The van der Waals surface area contributed by atoms with Crippen molar-refractivity contribution < 1.29 is 9.18 Å². The van der Waals surface area contributed by atoms with Gasteiger partial charge in [-0.2, -0.15) is 5.10 Å².